The third kappa shape index (κ3) is 4.05. The number of aryl methyl sites for hydroxylation is 1. The van der Waals surface area contributed by atoms with Gasteiger partial charge in [-0.2, -0.15) is 0 Å². The Balaban J connectivity index is 2.99. The van der Waals surface area contributed by atoms with Gasteiger partial charge in [0.15, 0.2) is 0 Å². The molecule has 3 heteroatoms. The average molecular weight is 255 g/mol. The summed E-state index contributed by atoms with van der Waals surface area (Å²) in [6.07, 6.45) is 2.97. The number of hydrogen-bond acceptors (Lipinski definition) is 1. The van der Waals surface area contributed by atoms with Crippen LogP contribution in [0.3, 0.4) is 0 Å². The Morgan fingerprint density at radius 2 is 1.83 bits per heavy atom. The fraction of sp³-hybridized carbons (Fsp3) is 0.600. The second-order valence-corrected chi connectivity index (χ2v) is 5.14. The van der Waals surface area contributed by atoms with Crippen molar-refractivity contribution < 1.29 is 8.78 Å². The van der Waals surface area contributed by atoms with Crippen LogP contribution in [0.1, 0.15) is 57.2 Å². The van der Waals surface area contributed by atoms with Gasteiger partial charge in [-0.3, -0.25) is 0 Å². The number of hydrogen-bond donors (Lipinski definition) is 1. The lowest BCUT2D eigenvalue weighted by Crippen LogP contribution is -2.29. The first-order valence-corrected chi connectivity index (χ1v) is 6.67. The molecule has 1 unspecified atom stereocenters. The molecule has 0 fully saturated rings. The SMILES string of the molecule is CCCCC(NC(C)C)c1cc(C)c(F)cc1F. The molecule has 0 radical (unpaired) electrons. The van der Waals surface area contributed by atoms with Gasteiger partial charge in [0, 0.05) is 23.7 Å². The topological polar surface area (TPSA) is 12.0 Å². The first-order chi connectivity index (χ1) is 8.45. The summed E-state index contributed by atoms with van der Waals surface area (Å²) in [6, 6.07) is 2.85. The van der Waals surface area contributed by atoms with E-state index in [-0.39, 0.29) is 12.1 Å². The molecule has 0 saturated carbocycles. The Kier molecular flexibility index (Phi) is 5.73. The van der Waals surface area contributed by atoms with E-state index in [9.17, 15) is 8.78 Å². The minimum atomic E-state index is -0.477. The number of nitrogens with one attached hydrogen (secondary N) is 1. The lowest BCUT2D eigenvalue weighted by Gasteiger charge is -2.22. The normalized spacial score (nSPS) is 13.1. The Hall–Kier alpha value is -0.960. The predicted molar refractivity (Wildman–Crippen MR) is 71.6 cm³/mol. The largest absolute Gasteiger partial charge is 0.308 e. The Bertz CT molecular complexity index is 388. The van der Waals surface area contributed by atoms with Crippen molar-refractivity contribution in [3.05, 3.63) is 34.9 Å². The quantitative estimate of drug-likeness (QED) is 0.789. The zero-order valence-corrected chi connectivity index (χ0v) is 11.7. The van der Waals surface area contributed by atoms with Crippen molar-refractivity contribution in [2.75, 3.05) is 0 Å². The minimum absolute atomic E-state index is 0.0377. The van der Waals surface area contributed by atoms with Crippen LogP contribution in [0, 0.1) is 18.6 Å². The van der Waals surface area contributed by atoms with Gasteiger partial charge in [-0.1, -0.05) is 33.6 Å². The molecule has 0 bridgehead atoms. The Morgan fingerprint density at radius 3 is 2.39 bits per heavy atom. The minimum Gasteiger partial charge on any atom is -0.308 e. The molecule has 1 atom stereocenters. The van der Waals surface area contributed by atoms with E-state index in [0.717, 1.165) is 25.3 Å². The van der Waals surface area contributed by atoms with Crippen LogP contribution in [0.5, 0.6) is 0 Å². The Morgan fingerprint density at radius 1 is 1.17 bits per heavy atom. The molecule has 0 aromatic heterocycles. The number of unbranched alkanes of at least 4 members (excludes halogenated alkanes) is 1. The molecule has 0 saturated heterocycles. The molecule has 1 nitrogen and oxygen atoms in total. The molecule has 1 aromatic rings. The molecule has 0 amide bonds. The van der Waals surface area contributed by atoms with Crippen LogP contribution in [-0.2, 0) is 0 Å². The van der Waals surface area contributed by atoms with Crippen molar-refractivity contribution in [1.82, 2.24) is 5.32 Å². The van der Waals surface area contributed by atoms with Crippen LogP contribution < -0.4 is 5.32 Å². The number of rotatable bonds is 6. The van der Waals surface area contributed by atoms with E-state index < -0.39 is 11.6 Å². The molecule has 0 spiro atoms. The number of benzene rings is 1. The van der Waals surface area contributed by atoms with Gasteiger partial charge >= 0.3 is 0 Å². The lowest BCUT2D eigenvalue weighted by atomic mass is 9.98. The molecule has 18 heavy (non-hydrogen) atoms. The van der Waals surface area contributed by atoms with E-state index in [1.807, 2.05) is 13.8 Å². The molecule has 1 N–H and O–H groups in total. The van der Waals surface area contributed by atoms with Gasteiger partial charge in [-0.05, 0) is 25.0 Å². The number of halogens is 2. The van der Waals surface area contributed by atoms with Crippen LogP contribution in [-0.4, -0.2) is 6.04 Å². The van der Waals surface area contributed by atoms with Crippen molar-refractivity contribution >= 4 is 0 Å². The maximum atomic E-state index is 13.9. The fourth-order valence-corrected chi connectivity index (χ4v) is 2.09. The summed E-state index contributed by atoms with van der Waals surface area (Å²) >= 11 is 0. The van der Waals surface area contributed by atoms with Gasteiger partial charge in [0.25, 0.3) is 0 Å². The molecule has 1 aromatic carbocycles. The van der Waals surface area contributed by atoms with Crippen LogP contribution in [0.2, 0.25) is 0 Å². The molecule has 1 rings (SSSR count). The summed E-state index contributed by atoms with van der Waals surface area (Å²) in [5, 5.41) is 3.36. The third-order valence-corrected chi connectivity index (χ3v) is 3.03. The first kappa shape index (κ1) is 15.1. The zero-order valence-electron chi connectivity index (χ0n) is 11.7. The van der Waals surface area contributed by atoms with Crippen molar-refractivity contribution in [2.45, 2.75) is 59.0 Å². The van der Waals surface area contributed by atoms with E-state index >= 15 is 0 Å². The van der Waals surface area contributed by atoms with Gasteiger partial charge in [-0.25, -0.2) is 8.78 Å². The summed E-state index contributed by atoms with van der Waals surface area (Å²) in [7, 11) is 0. The molecule has 0 aliphatic carbocycles. The van der Waals surface area contributed by atoms with Gasteiger partial charge in [0.2, 0.25) is 0 Å². The molecule has 0 heterocycles. The third-order valence-electron chi connectivity index (χ3n) is 3.03. The van der Waals surface area contributed by atoms with E-state index in [1.165, 1.54) is 0 Å². The fourth-order valence-electron chi connectivity index (χ4n) is 2.09. The van der Waals surface area contributed by atoms with E-state index in [4.69, 9.17) is 0 Å². The van der Waals surface area contributed by atoms with Gasteiger partial charge in [0.05, 0.1) is 0 Å². The summed E-state index contributed by atoms with van der Waals surface area (Å²) in [5.41, 5.74) is 1.08. The standard InChI is InChI=1S/C15H23F2N/c1-5-6-7-15(18-10(2)3)12-8-11(4)13(16)9-14(12)17/h8-10,15,18H,5-7H2,1-4H3. The highest BCUT2D eigenvalue weighted by atomic mass is 19.1. The molecule has 102 valence electrons. The maximum absolute atomic E-state index is 13.9. The molecule has 0 aliphatic rings. The van der Waals surface area contributed by atoms with Gasteiger partial charge in [-0.15, -0.1) is 0 Å². The summed E-state index contributed by atoms with van der Waals surface area (Å²) < 4.78 is 27.2. The first-order valence-electron chi connectivity index (χ1n) is 6.67. The van der Waals surface area contributed by atoms with E-state index in [1.54, 1.807) is 13.0 Å². The summed E-state index contributed by atoms with van der Waals surface area (Å²) in [4.78, 5) is 0. The predicted octanol–water partition coefficient (Wildman–Crippen LogP) is 4.50. The molecule has 0 aliphatic heterocycles. The second-order valence-electron chi connectivity index (χ2n) is 5.14. The summed E-state index contributed by atoms with van der Waals surface area (Å²) in [6.45, 7) is 7.85. The van der Waals surface area contributed by atoms with Crippen LogP contribution in [0.4, 0.5) is 8.78 Å². The molecular formula is C15H23F2N. The highest BCUT2D eigenvalue weighted by Crippen LogP contribution is 2.25. The highest BCUT2D eigenvalue weighted by molar-refractivity contribution is 5.28. The van der Waals surface area contributed by atoms with Gasteiger partial charge < -0.3 is 5.32 Å². The van der Waals surface area contributed by atoms with Crippen LogP contribution in [0.25, 0.3) is 0 Å². The van der Waals surface area contributed by atoms with Crippen molar-refractivity contribution in [3.8, 4) is 0 Å². The van der Waals surface area contributed by atoms with Gasteiger partial charge in [0.1, 0.15) is 11.6 Å². The monoisotopic (exact) mass is 255 g/mol. The average Bonchev–Trinajstić information content (AvgIpc) is 2.29. The highest BCUT2D eigenvalue weighted by Gasteiger charge is 2.17. The molecular weight excluding hydrogens is 232 g/mol. The van der Waals surface area contributed by atoms with Crippen LogP contribution >= 0.6 is 0 Å². The van der Waals surface area contributed by atoms with Crippen molar-refractivity contribution in [3.63, 3.8) is 0 Å². The zero-order chi connectivity index (χ0) is 13.7. The van der Waals surface area contributed by atoms with Crippen LogP contribution in [0.15, 0.2) is 12.1 Å². The Labute approximate surface area is 109 Å². The van der Waals surface area contributed by atoms with Crippen molar-refractivity contribution in [2.24, 2.45) is 0 Å². The maximum Gasteiger partial charge on any atom is 0.130 e. The lowest BCUT2D eigenvalue weighted by molar-refractivity contribution is 0.422. The van der Waals surface area contributed by atoms with Crippen molar-refractivity contribution in [1.29, 1.82) is 0 Å². The van der Waals surface area contributed by atoms with E-state index in [2.05, 4.69) is 12.2 Å². The second kappa shape index (κ2) is 6.83. The van der Waals surface area contributed by atoms with E-state index in [0.29, 0.717) is 11.1 Å². The smallest absolute Gasteiger partial charge is 0.130 e. The summed E-state index contributed by atoms with van der Waals surface area (Å²) in [5.74, 6) is -0.928.